The zero-order valence-electron chi connectivity index (χ0n) is 22.2. The molecule has 0 radical (unpaired) electrons. The van der Waals surface area contributed by atoms with Gasteiger partial charge in [0.05, 0.1) is 92.5 Å². The third kappa shape index (κ3) is 31.7. The molecular weight excluding hydrogens is 440 g/mol. The molecule has 0 saturated heterocycles. The third-order valence-corrected chi connectivity index (χ3v) is 4.95. The van der Waals surface area contributed by atoms with Crippen LogP contribution in [0.25, 0.3) is 0 Å². The smallest absolute Gasteiger partial charge is 0.0701 e. The molecule has 0 aliphatic heterocycles. The second-order valence-electron chi connectivity index (χ2n) is 7.96. The molecule has 0 aliphatic carbocycles. The zero-order valence-corrected chi connectivity index (χ0v) is 22.2. The average Bonchev–Trinajstić information content (AvgIpc) is 2.85. The Morgan fingerprint density at radius 2 is 0.529 bits per heavy atom. The van der Waals surface area contributed by atoms with Crippen LogP contribution in [0.1, 0.15) is 65.2 Å². The van der Waals surface area contributed by atoms with Crippen LogP contribution in [0.3, 0.4) is 0 Å². The van der Waals surface area contributed by atoms with Crippen molar-refractivity contribution in [3.63, 3.8) is 0 Å². The van der Waals surface area contributed by atoms with E-state index < -0.39 is 0 Å². The molecule has 0 aliphatic rings. The predicted molar refractivity (Wildman–Crippen MR) is 135 cm³/mol. The first-order valence-electron chi connectivity index (χ1n) is 13.5. The first-order chi connectivity index (χ1) is 16.9. The van der Waals surface area contributed by atoms with Crippen molar-refractivity contribution in [2.75, 3.05) is 106 Å². The summed E-state index contributed by atoms with van der Waals surface area (Å²) in [5, 5.41) is 0. The molecule has 0 aromatic carbocycles. The molecule has 0 aromatic heterocycles. The summed E-state index contributed by atoms with van der Waals surface area (Å²) >= 11 is 0. The maximum absolute atomic E-state index is 5.60. The zero-order chi connectivity index (χ0) is 24.6. The summed E-state index contributed by atoms with van der Waals surface area (Å²) in [4.78, 5) is 0. The fraction of sp³-hybridized carbons (Fsp3) is 1.00. The van der Waals surface area contributed by atoms with Crippen LogP contribution >= 0.6 is 0 Å². The lowest BCUT2D eigenvalue weighted by atomic mass is 10.1. The van der Waals surface area contributed by atoms with Crippen LogP contribution in [-0.2, 0) is 37.9 Å². The highest BCUT2D eigenvalue weighted by Crippen LogP contribution is 2.08. The van der Waals surface area contributed by atoms with E-state index in [0.29, 0.717) is 92.5 Å². The van der Waals surface area contributed by atoms with E-state index in [2.05, 4.69) is 6.92 Å². The second kappa shape index (κ2) is 32.7. The van der Waals surface area contributed by atoms with Crippen LogP contribution in [0.2, 0.25) is 0 Å². The van der Waals surface area contributed by atoms with Gasteiger partial charge in [0, 0.05) is 13.2 Å². The van der Waals surface area contributed by atoms with Crippen molar-refractivity contribution in [2.45, 2.75) is 65.2 Å². The van der Waals surface area contributed by atoms with Gasteiger partial charge in [-0.05, 0) is 13.3 Å². The van der Waals surface area contributed by atoms with Gasteiger partial charge in [0.2, 0.25) is 0 Å². The van der Waals surface area contributed by atoms with Gasteiger partial charge in [0.1, 0.15) is 0 Å². The SMILES string of the molecule is CCCCCCCCCCOCCOCCOCCOCCOCCOCCOCCOCC. The fourth-order valence-corrected chi connectivity index (χ4v) is 3.02. The van der Waals surface area contributed by atoms with Gasteiger partial charge < -0.3 is 37.9 Å². The van der Waals surface area contributed by atoms with Gasteiger partial charge in [-0.3, -0.25) is 0 Å². The lowest BCUT2D eigenvalue weighted by Crippen LogP contribution is -2.15. The maximum Gasteiger partial charge on any atom is 0.0701 e. The van der Waals surface area contributed by atoms with Gasteiger partial charge in [-0.2, -0.15) is 0 Å². The standard InChI is InChI=1S/C26H54O8/c1-3-5-6-7-8-9-10-11-12-28-15-16-30-19-20-32-23-24-34-26-25-33-22-21-31-18-17-29-14-13-27-4-2/h3-26H2,1-2H3. The van der Waals surface area contributed by atoms with Crippen LogP contribution in [-0.4, -0.2) is 106 Å². The molecule has 0 amide bonds. The highest BCUT2D eigenvalue weighted by atomic mass is 16.6. The van der Waals surface area contributed by atoms with Crippen LogP contribution in [0, 0.1) is 0 Å². The Balaban J connectivity index is 2.99. The summed E-state index contributed by atoms with van der Waals surface area (Å²) in [5.74, 6) is 0. The number of hydrogen-bond acceptors (Lipinski definition) is 8. The molecule has 0 atom stereocenters. The monoisotopic (exact) mass is 494 g/mol. The number of rotatable bonds is 31. The molecule has 0 saturated carbocycles. The Morgan fingerprint density at radius 3 is 0.853 bits per heavy atom. The van der Waals surface area contributed by atoms with Gasteiger partial charge in [-0.1, -0.05) is 51.9 Å². The van der Waals surface area contributed by atoms with E-state index in [9.17, 15) is 0 Å². The lowest BCUT2D eigenvalue weighted by Gasteiger charge is -2.08. The summed E-state index contributed by atoms with van der Waals surface area (Å²) in [5.41, 5.74) is 0. The number of ether oxygens (including phenoxy) is 8. The topological polar surface area (TPSA) is 73.8 Å². The molecule has 0 heterocycles. The molecule has 0 fully saturated rings. The quantitative estimate of drug-likeness (QED) is 0.132. The largest absolute Gasteiger partial charge is 0.379 e. The molecule has 0 N–H and O–H groups in total. The summed E-state index contributed by atoms with van der Waals surface area (Å²) < 4.78 is 43.5. The molecule has 8 heteroatoms. The molecular formula is C26H54O8. The summed E-state index contributed by atoms with van der Waals surface area (Å²) in [7, 11) is 0. The van der Waals surface area contributed by atoms with Gasteiger partial charge in [-0.25, -0.2) is 0 Å². The highest BCUT2D eigenvalue weighted by molar-refractivity contribution is 4.46. The Bertz CT molecular complexity index is 315. The first kappa shape index (κ1) is 33.7. The van der Waals surface area contributed by atoms with E-state index in [1.54, 1.807) is 0 Å². The Hall–Kier alpha value is -0.320. The van der Waals surface area contributed by atoms with Gasteiger partial charge in [0.15, 0.2) is 0 Å². The van der Waals surface area contributed by atoms with Gasteiger partial charge in [0.25, 0.3) is 0 Å². The van der Waals surface area contributed by atoms with E-state index in [0.717, 1.165) is 19.6 Å². The first-order valence-corrected chi connectivity index (χ1v) is 13.5. The summed E-state index contributed by atoms with van der Waals surface area (Å²) in [6.45, 7) is 13.9. The van der Waals surface area contributed by atoms with Crippen molar-refractivity contribution >= 4 is 0 Å². The van der Waals surface area contributed by atoms with E-state index in [1.807, 2.05) is 6.92 Å². The van der Waals surface area contributed by atoms with Crippen molar-refractivity contribution in [1.82, 2.24) is 0 Å². The fourth-order valence-electron chi connectivity index (χ4n) is 3.02. The van der Waals surface area contributed by atoms with Crippen LogP contribution in [0.4, 0.5) is 0 Å². The van der Waals surface area contributed by atoms with E-state index >= 15 is 0 Å². The summed E-state index contributed by atoms with van der Waals surface area (Å²) in [6, 6.07) is 0. The minimum Gasteiger partial charge on any atom is -0.379 e. The Labute approximate surface area is 209 Å². The predicted octanol–water partition coefficient (Wildman–Crippen LogP) is 4.28. The van der Waals surface area contributed by atoms with Crippen molar-refractivity contribution in [3.8, 4) is 0 Å². The van der Waals surface area contributed by atoms with Crippen molar-refractivity contribution in [2.24, 2.45) is 0 Å². The molecule has 0 unspecified atom stereocenters. The lowest BCUT2D eigenvalue weighted by molar-refractivity contribution is -0.0229. The van der Waals surface area contributed by atoms with Gasteiger partial charge >= 0.3 is 0 Å². The van der Waals surface area contributed by atoms with E-state index in [-0.39, 0.29) is 0 Å². The van der Waals surface area contributed by atoms with Crippen molar-refractivity contribution in [1.29, 1.82) is 0 Å². The Kier molecular flexibility index (Phi) is 32.4. The Morgan fingerprint density at radius 1 is 0.265 bits per heavy atom. The molecule has 0 spiro atoms. The van der Waals surface area contributed by atoms with Crippen molar-refractivity contribution in [3.05, 3.63) is 0 Å². The second-order valence-corrected chi connectivity index (χ2v) is 7.96. The molecule has 0 rings (SSSR count). The molecule has 206 valence electrons. The van der Waals surface area contributed by atoms with E-state index in [4.69, 9.17) is 37.9 Å². The number of unbranched alkanes of at least 4 members (excludes halogenated alkanes) is 7. The van der Waals surface area contributed by atoms with Crippen molar-refractivity contribution < 1.29 is 37.9 Å². The normalized spacial score (nSPS) is 11.5. The number of hydrogen-bond donors (Lipinski definition) is 0. The molecule has 0 bridgehead atoms. The van der Waals surface area contributed by atoms with Crippen LogP contribution in [0.15, 0.2) is 0 Å². The molecule has 8 nitrogen and oxygen atoms in total. The average molecular weight is 495 g/mol. The van der Waals surface area contributed by atoms with Gasteiger partial charge in [-0.15, -0.1) is 0 Å². The summed E-state index contributed by atoms with van der Waals surface area (Å²) in [6.07, 6.45) is 10.6. The minimum atomic E-state index is 0.552. The third-order valence-electron chi connectivity index (χ3n) is 4.95. The maximum atomic E-state index is 5.60. The highest BCUT2D eigenvalue weighted by Gasteiger charge is 1.96. The molecule has 34 heavy (non-hydrogen) atoms. The minimum absolute atomic E-state index is 0.552. The van der Waals surface area contributed by atoms with E-state index in [1.165, 1.54) is 44.9 Å². The molecule has 0 aromatic rings. The van der Waals surface area contributed by atoms with Crippen LogP contribution < -0.4 is 0 Å². The van der Waals surface area contributed by atoms with Crippen LogP contribution in [0.5, 0.6) is 0 Å².